The molecule has 4 fully saturated rings. The smallest absolute Gasteiger partial charge is 0.0974 e. The van der Waals surface area contributed by atoms with Gasteiger partial charge in [0.1, 0.15) is 0 Å². The van der Waals surface area contributed by atoms with Crippen molar-refractivity contribution in [3.05, 3.63) is 71.3 Å². The molecule has 2 aliphatic heterocycles. The van der Waals surface area contributed by atoms with Gasteiger partial charge in [-0.05, 0) is 109 Å². The molecule has 3 saturated carbocycles. The number of nitrogens with one attached hydrogen (secondary N) is 1. The maximum absolute atomic E-state index is 7.47. The molecule has 2 spiro atoms. The number of hydrogen-bond acceptors (Lipinski definition) is 2. The lowest BCUT2D eigenvalue weighted by Gasteiger charge is -2.54. The molecule has 8 rings (SSSR count). The number of fused-ring (bicyclic) bond motifs is 2. The zero-order valence-corrected chi connectivity index (χ0v) is 20.5. The zero-order valence-electron chi connectivity index (χ0n) is 20.5. The maximum Gasteiger partial charge on any atom is 0.0974 e. The summed E-state index contributed by atoms with van der Waals surface area (Å²) in [7, 11) is 0. The second-order valence-corrected chi connectivity index (χ2v) is 12.7. The average molecular weight is 452 g/mol. The zero-order chi connectivity index (χ0) is 22.5. The van der Waals surface area contributed by atoms with E-state index in [-0.39, 0.29) is 16.6 Å². The van der Waals surface area contributed by atoms with E-state index in [1.165, 1.54) is 75.0 Å². The number of ether oxygens (including phenoxy) is 1. The van der Waals surface area contributed by atoms with Gasteiger partial charge in [-0.3, -0.25) is 0 Å². The van der Waals surface area contributed by atoms with Gasteiger partial charge in [-0.2, -0.15) is 0 Å². The van der Waals surface area contributed by atoms with E-state index in [0.29, 0.717) is 17.9 Å². The third-order valence-corrected chi connectivity index (χ3v) is 10.9. The second-order valence-electron chi connectivity index (χ2n) is 12.7. The Morgan fingerprint density at radius 2 is 1.79 bits per heavy atom. The summed E-state index contributed by atoms with van der Waals surface area (Å²) in [6.45, 7) is 2.60. The molecule has 1 saturated heterocycles. The van der Waals surface area contributed by atoms with E-state index < -0.39 is 0 Å². The van der Waals surface area contributed by atoms with Crippen LogP contribution >= 0.6 is 0 Å². The average Bonchev–Trinajstić information content (AvgIpc) is 3.52. The van der Waals surface area contributed by atoms with E-state index in [4.69, 9.17) is 4.74 Å². The van der Waals surface area contributed by atoms with Crippen molar-refractivity contribution >= 4 is 10.8 Å². The van der Waals surface area contributed by atoms with Gasteiger partial charge in [-0.15, -0.1) is 0 Å². The lowest BCUT2D eigenvalue weighted by molar-refractivity contribution is -0.136. The Bertz CT molecular complexity index is 1240. The van der Waals surface area contributed by atoms with Crippen molar-refractivity contribution in [2.24, 2.45) is 11.3 Å². The molecule has 4 aliphatic carbocycles. The first-order valence-corrected chi connectivity index (χ1v) is 13.9. The summed E-state index contributed by atoms with van der Waals surface area (Å²) in [5, 5.41) is 6.69. The van der Waals surface area contributed by atoms with Crippen LogP contribution in [0.25, 0.3) is 10.8 Å². The number of hydrogen-bond donors (Lipinski definition) is 1. The third-order valence-electron chi connectivity index (χ3n) is 10.9. The topological polar surface area (TPSA) is 21.3 Å². The fourth-order valence-electron chi connectivity index (χ4n) is 9.11. The molecule has 2 heteroatoms. The van der Waals surface area contributed by atoms with E-state index in [1.54, 1.807) is 16.7 Å². The molecular formula is C32H37NO. The van der Waals surface area contributed by atoms with Crippen LogP contribution in [-0.4, -0.2) is 23.3 Å². The van der Waals surface area contributed by atoms with Gasteiger partial charge in [0.25, 0.3) is 0 Å². The highest BCUT2D eigenvalue weighted by atomic mass is 16.5. The minimum absolute atomic E-state index is 0.0153. The summed E-state index contributed by atoms with van der Waals surface area (Å²) in [6.07, 6.45) is 17.9. The van der Waals surface area contributed by atoms with Crippen LogP contribution in [0.5, 0.6) is 0 Å². The van der Waals surface area contributed by atoms with Gasteiger partial charge < -0.3 is 10.1 Å². The molecule has 0 amide bonds. The molecule has 6 aliphatic rings. The molecular weight excluding hydrogens is 414 g/mol. The van der Waals surface area contributed by atoms with Gasteiger partial charge in [-0.25, -0.2) is 0 Å². The van der Waals surface area contributed by atoms with E-state index in [1.807, 2.05) is 0 Å². The van der Waals surface area contributed by atoms with Crippen LogP contribution < -0.4 is 5.32 Å². The molecule has 2 bridgehead atoms. The number of allylic oxidation sites excluding steroid dienone is 1. The molecule has 2 nitrogen and oxygen atoms in total. The van der Waals surface area contributed by atoms with E-state index in [0.717, 1.165) is 6.04 Å². The molecule has 0 unspecified atom stereocenters. The first-order valence-electron chi connectivity index (χ1n) is 13.9. The highest BCUT2D eigenvalue weighted by molar-refractivity contribution is 5.83. The first-order chi connectivity index (χ1) is 16.6. The van der Waals surface area contributed by atoms with Crippen LogP contribution in [-0.2, 0) is 4.74 Å². The predicted octanol–water partition coefficient (Wildman–Crippen LogP) is 7.20. The van der Waals surface area contributed by atoms with Gasteiger partial charge in [0.15, 0.2) is 0 Å². The van der Waals surface area contributed by atoms with Crippen LogP contribution in [0, 0.1) is 11.3 Å². The fraction of sp³-hybridized carbons (Fsp3) is 0.562. The minimum atomic E-state index is -0.0381. The van der Waals surface area contributed by atoms with Crippen LogP contribution in [0.1, 0.15) is 82.6 Å². The van der Waals surface area contributed by atoms with Crippen LogP contribution in [0.4, 0.5) is 0 Å². The SMILES string of the molecule is C[C@]12CC=C3C=C4CC[C@@H](NC5CC5)C[C@]45CC[C@]3(O5)[C@@H]1CC[C@@H]2c1ccc2ccccc2c1. The van der Waals surface area contributed by atoms with E-state index >= 15 is 0 Å². The van der Waals surface area contributed by atoms with Gasteiger partial charge in [0, 0.05) is 12.1 Å². The van der Waals surface area contributed by atoms with Gasteiger partial charge in [0.2, 0.25) is 0 Å². The lowest BCUT2D eigenvalue weighted by Crippen LogP contribution is -2.55. The van der Waals surface area contributed by atoms with Crippen molar-refractivity contribution in [1.82, 2.24) is 5.32 Å². The van der Waals surface area contributed by atoms with Crippen molar-refractivity contribution in [1.29, 1.82) is 0 Å². The summed E-state index contributed by atoms with van der Waals surface area (Å²) in [4.78, 5) is 0. The van der Waals surface area contributed by atoms with Crippen LogP contribution in [0.2, 0.25) is 0 Å². The second kappa shape index (κ2) is 6.86. The number of rotatable bonds is 3. The molecule has 2 aromatic carbocycles. The van der Waals surface area contributed by atoms with E-state index in [2.05, 4.69) is 66.9 Å². The molecule has 6 atom stereocenters. The van der Waals surface area contributed by atoms with Crippen LogP contribution in [0.3, 0.4) is 0 Å². The Hall–Kier alpha value is -1.90. The predicted molar refractivity (Wildman–Crippen MR) is 138 cm³/mol. The first kappa shape index (κ1) is 20.3. The van der Waals surface area contributed by atoms with Crippen molar-refractivity contribution in [3.63, 3.8) is 0 Å². The van der Waals surface area contributed by atoms with Gasteiger partial charge in [-0.1, -0.05) is 61.5 Å². The Balaban J connectivity index is 1.15. The van der Waals surface area contributed by atoms with Gasteiger partial charge in [0.05, 0.1) is 11.2 Å². The molecule has 2 heterocycles. The highest BCUT2D eigenvalue weighted by Gasteiger charge is 2.66. The highest BCUT2D eigenvalue weighted by Crippen LogP contribution is 2.69. The summed E-state index contributed by atoms with van der Waals surface area (Å²) in [5.41, 5.74) is 4.97. The van der Waals surface area contributed by atoms with E-state index in [9.17, 15) is 0 Å². The summed E-state index contributed by atoms with van der Waals surface area (Å²) in [5.74, 6) is 1.25. The van der Waals surface area contributed by atoms with Crippen molar-refractivity contribution in [3.8, 4) is 0 Å². The number of benzene rings is 2. The van der Waals surface area contributed by atoms with Crippen molar-refractivity contribution in [2.45, 2.75) is 100 Å². The summed E-state index contributed by atoms with van der Waals surface area (Å²) in [6, 6.07) is 17.5. The molecule has 1 N–H and O–H groups in total. The minimum Gasteiger partial charge on any atom is -0.359 e. The van der Waals surface area contributed by atoms with Crippen molar-refractivity contribution in [2.75, 3.05) is 0 Å². The molecule has 176 valence electrons. The monoisotopic (exact) mass is 451 g/mol. The largest absolute Gasteiger partial charge is 0.359 e. The molecule has 34 heavy (non-hydrogen) atoms. The Morgan fingerprint density at radius 3 is 2.68 bits per heavy atom. The van der Waals surface area contributed by atoms with Crippen molar-refractivity contribution < 1.29 is 4.74 Å². The normalized spacial score (nSPS) is 42.6. The third kappa shape index (κ3) is 2.70. The fourth-order valence-corrected chi connectivity index (χ4v) is 9.11. The molecule has 2 aromatic rings. The quantitative estimate of drug-likeness (QED) is 0.533. The standard InChI is InChI=1S/C32H37NO/c1-30-15-14-25-19-24-8-9-27(33-26-10-11-26)20-31(24)16-17-32(25,34-31)29(30)13-12-28(30)23-7-6-21-4-2-3-5-22(21)18-23/h2-7,14,18-19,26-29,33H,8-13,15-17,20H2,1H3/t27-,28-,29-,30-,31-,32-/m1/s1. The summed E-state index contributed by atoms with van der Waals surface area (Å²) >= 11 is 0. The van der Waals surface area contributed by atoms with Crippen LogP contribution in [0.15, 0.2) is 65.8 Å². The molecule has 0 radical (unpaired) electrons. The Labute approximate surface area is 203 Å². The summed E-state index contributed by atoms with van der Waals surface area (Å²) < 4.78 is 7.47. The maximum atomic E-state index is 7.47. The Kier molecular flexibility index (Phi) is 4.10. The van der Waals surface area contributed by atoms with Gasteiger partial charge >= 0.3 is 0 Å². The Morgan fingerprint density at radius 1 is 0.912 bits per heavy atom. The molecule has 0 aromatic heterocycles. The lowest BCUT2D eigenvalue weighted by atomic mass is 9.58.